The number of hydrogen-bond acceptors (Lipinski definition) is 4. The van der Waals surface area contributed by atoms with Gasteiger partial charge in [-0.2, -0.15) is 0 Å². The van der Waals surface area contributed by atoms with E-state index in [1.165, 1.54) is 17.7 Å². The van der Waals surface area contributed by atoms with Crippen LogP contribution >= 0.6 is 0 Å². The first-order valence-corrected chi connectivity index (χ1v) is 11.4. The predicted octanol–water partition coefficient (Wildman–Crippen LogP) is 3.15. The van der Waals surface area contributed by atoms with Crippen molar-refractivity contribution in [2.75, 3.05) is 13.1 Å². The minimum Gasteiger partial charge on any atom is -0.348 e. The second kappa shape index (κ2) is 10.5. The third-order valence-electron chi connectivity index (χ3n) is 4.64. The Morgan fingerprint density at radius 1 is 1.00 bits per heavy atom. The zero-order valence-corrected chi connectivity index (χ0v) is 18.4. The first-order chi connectivity index (χ1) is 13.8. The van der Waals surface area contributed by atoms with E-state index < -0.39 is 10.0 Å². The summed E-state index contributed by atoms with van der Waals surface area (Å²) in [6.45, 7) is 10.9. The van der Waals surface area contributed by atoms with Crippen molar-refractivity contribution in [3.63, 3.8) is 0 Å². The number of sulfonamides is 1. The quantitative estimate of drug-likeness (QED) is 0.622. The van der Waals surface area contributed by atoms with Gasteiger partial charge in [0, 0.05) is 24.7 Å². The lowest BCUT2D eigenvalue weighted by molar-refractivity contribution is 0.0950. The minimum absolute atomic E-state index is 0.0841. The molecule has 0 aliphatic heterocycles. The minimum atomic E-state index is -3.64. The van der Waals surface area contributed by atoms with Crippen molar-refractivity contribution in [1.82, 2.24) is 14.9 Å². The summed E-state index contributed by atoms with van der Waals surface area (Å²) in [5.41, 5.74) is 2.55. The van der Waals surface area contributed by atoms with Crippen LogP contribution in [0.4, 0.5) is 0 Å². The van der Waals surface area contributed by atoms with Crippen LogP contribution in [-0.4, -0.2) is 38.4 Å². The number of nitrogens with one attached hydrogen (secondary N) is 2. The molecule has 2 N–H and O–H groups in total. The molecule has 0 saturated heterocycles. The summed E-state index contributed by atoms with van der Waals surface area (Å²) >= 11 is 0. The van der Waals surface area contributed by atoms with Gasteiger partial charge in [-0.05, 0) is 56.3 Å². The molecule has 0 unspecified atom stereocenters. The van der Waals surface area contributed by atoms with Crippen LogP contribution in [0.15, 0.2) is 53.4 Å². The van der Waals surface area contributed by atoms with E-state index in [0.29, 0.717) is 12.1 Å². The molecule has 2 aromatic carbocycles. The number of amides is 1. The number of hydrogen-bond donors (Lipinski definition) is 2. The lowest BCUT2D eigenvalue weighted by Gasteiger charge is -2.20. The Hall–Kier alpha value is -2.22. The Labute approximate surface area is 174 Å². The summed E-state index contributed by atoms with van der Waals surface area (Å²) in [5.74, 6) is -0.302. The fourth-order valence-electron chi connectivity index (χ4n) is 3.03. The van der Waals surface area contributed by atoms with Crippen LogP contribution < -0.4 is 10.0 Å². The van der Waals surface area contributed by atoms with Crippen LogP contribution in [-0.2, 0) is 23.1 Å². The molecule has 0 radical (unpaired) electrons. The molecule has 0 heterocycles. The molecule has 6 nitrogen and oxygen atoms in total. The fraction of sp³-hybridized carbons (Fsp3) is 0.409. The number of rotatable bonds is 10. The summed E-state index contributed by atoms with van der Waals surface area (Å²) in [4.78, 5) is 15.0. The van der Waals surface area contributed by atoms with Gasteiger partial charge < -0.3 is 5.32 Å². The zero-order valence-electron chi connectivity index (χ0n) is 17.6. The van der Waals surface area contributed by atoms with Gasteiger partial charge in [0.05, 0.1) is 4.90 Å². The van der Waals surface area contributed by atoms with E-state index in [4.69, 9.17) is 0 Å². The van der Waals surface area contributed by atoms with Crippen LogP contribution in [0.1, 0.15) is 49.2 Å². The van der Waals surface area contributed by atoms with Crippen LogP contribution in [0.2, 0.25) is 0 Å². The molecule has 0 aliphatic rings. The highest BCUT2D eigenvalue weighted by molar-refractivity contribution is 7.89. The van der Waals surface area contributed by atoms with Gasteiger partial charge in [-0.3, -0.25) is 9.69 Å². The highest BCUT2D eigenvalue weighted by atomic mass is 32.2. The van der Waals surface area contributed by atoms with E-state index in [0.717, 1.165) is 25.2 Å². The van der Waals surface area contributed by atoms with E-state index in [9.17, 15) is 13.2 Å². The molecule has 29 heavy (non-hydrogen) atoms. The van der Waals surface area contributed by atoms with Crippen molar-refractivity contribution in [2.45, 2.75) is 51.7 Å². The monoisotopic (exact) mass is 417 g/mol. The van der Waals surface area contributed by atoms with E-state index in [1.807, 2.05) is 18.2 Å². The summed E-state index contributed by atoms with van der Waals surface area (Å²) in [5, 5.41) is 2.91. The van der Waals surface area contributed by atoms with Crippen molar-refractivity contribution >= 4 is 15.9 Å². The van der Waals surface area contributed by atoms with E-state index in [1.54, 1.807) is 26.0 Å². The maximum Gasteiger partial charge on any atom is 0.251 e. The van der Waals surface area contributed by atoms with E-state index in [-0.39, 0.29) is 16.8 Å². The van der Waals surface area contributed by atoms with E-state index >= 15 is 0 Å². The van der Waals surface area contributed by atoms with Gasteiger partial charge in [-0.1, -0.05) is 44.2 Å². The molecule has 0 spiro atoms. The second-order valence-corrected chi connectivity index (χ2v) is 8.93. The van der Waals surface area contributed by atoms with Crippen molar-refractivity contribution < 1.29 is 13.2 Å². The number of carbonyl (C=O) groups is 1. The van der Waals surface area contributed by atoms with Crippen LogP contribution in [0.5, 0.6) is 0 Å². The Morgan fingerprint density at radius 3 is 2.28 bits per heavy atom. The summed E-state index contributed by atoms with van der Waals surface area (Å²) < 4.78 is 27.2. The molecule has 2 aromatic rings. The molecule has 0 atom stereocenters. The molecular formula is C22H31N3O3S. The van der Waals surface area contributed by atoms with Gasteiger partial charge in [-0.15, -0.1) is 0 Å². The number of benzene rings is 2. The molecular weight excluding hydrogens is 386 g/mol. The molecule has 1 amide bonds. The Kier molecular flexibility index (Phi) is 8.37. The largest absolute Gasteiger partial charge is 0.348 e. The first-order valence-electron chi connectivity index (χ1n) is 9.96. The van der Waals surface area contributed by atoms with Crippen molar-refractivity contribution in [2.24, 2.45) is 0 Å². The third-order valence-corrected chi connectivity index (χ3v) is 6.30. The maximum atomic E-state index is 12.6. The smallest absolute Gasteiger partial charge is 0.251 e. The Balaban J connectivity index is 2.12. The molecule has 0 saturated carbocycles. The Bertz CT molecular complexity index is 922. The third kappa shape index (κ3) is 6.66. The predicted molar refractivity (Wildman–Crippen MR) is 116 cm³/mol. The molecule has 158 valence electrons. The molecule has 0 bridgehead atoms. The number of nitrogens with zero attached hydrogens (tertiary/aromatic N) is 1. The van der Waals surface area contributed by atoms with Gasteiger partial charge in [-0.25, -0.2) is 13.1 Å². The van der Waals surface area contributed by atoms with Crippen molar-refractivity contribution in [3.8, 4) is 0 Å². The summed E-state index contributed by atoms with van der Waals surface area (Å²) in [7, 11) is -3.64. The first kappa shape index (κ1) is 23.1. The summed E-state index contributed by atoms with van der Waals surface area (Å²) in [6.07, 6.45) is 0. The van der Waals surface area contributed by atoms with Crippen LogP contribution in [0.3, 0.4) is 0 Å². The highest BCUT2D eigenvalue weighted by Crippen LogP contribution is 2.14. The highest BCUT2D eigenvalue weighted by Gasteiger charge is 2.17. The van der Waals surface area contributed by atoms with Gasteiger partial charge >= 0.3 is 0 Å². The normalized spacial score (nSPS) is 11.8. The fourth-order valence-corrected chi connectivity index (χ4v) is 4.33. The van der Waals surface area contributed by atoms with Crippen LogP contribution in [0, 0.1) is 0 Å². The van der Waals surface area contributed by atoms with Gasteiger partial charge in [0.2, 0.25) is 10.0 Å². The summed E-state index contributed by atoms with van der Waals surface area (Å²) in [6, 6.07) is 13.9. The van der Waals surface area contributed by atoms with Gasteiger partial charge in [0.15, 0.2) is 0 Å². The van der Waals surface area contributed by atoms with Gasteiger partial charge in [0.1, 0.15) is 0 Å². The number of carbonyl (C=O) groups excluding carboxylic acids is 1. The topological polar surface area (TPSA) is 78.5 Å². The SMILES string of the molecule is CCN(CC)Cc1ccccc1CNC(=O)c1cccc(S(=O)(=O)NC(C)C)c1. The van der Waals surface area contributed by atoms with Gasteiger partial charge in [0.25, 0.3) is 5.91 Å². The zero-order chi connectivity index (χ0) is 21.4. The lowest BCUT2D eigenvalue weighted by atomic mass is 10.1. The van der Waals surface area contributed by atoms with Crippen molar-refractivity contribution in [3.05, 3.63) is 65.2 Å². The average Bonchev–Trinajstić information content (AvgIpc) is 2.70. The standard InChI is InChI=1S/C22H31N3O3S/c1-5-25(6-2)16-20-11-8-7-10-19(20)15-23-22(26)18-12-9-13-21(14-18)29(27,28)24-17(3)4/h7-14,17,24H,5-6,15-16H2,1-4H3,(H,23,26). The second-order valence-electron chi connectivity index (χ2n) is 7.22. The molecule has 0 aromatic heterocycles. The molecule has 7 heteroatoms. The Morgan fingerprint density at radius 2 is 1.66 bits per heavy atom. The molecule has 2 rings (SSSR count). The van der Waals surface area contributed by atoms with Crippen LogP contribution in [0.25, 0.3) is 0 Å². The molecule has 0 aliphatic carbocycles. The van der Waals surface area contributed by atoms with Crippen molar-refractivity contribution in [1.29, 1.82) is 0 Å². The average molecular weight is 418 g/mol. The molecule has 0 fully saturated rings. The van der Waals surface area contributed by atoms with E-state index in [2.05, 4.69) is 34.9 Å². The lowest BCUT2D eigenvalue weighted by Crippen LogP contribution is -2.30. The maximum absolute atomic E-state index is 12.6.